The lowest BCUT2D eigenvalue weighted by molar-refractivity contribution is -0.625. The van der Waals surface area contributed by atoms with E-state index in [2.05, 4.69) is 20.7 Å². The molecule has 4 rings (SSSR count). The molecule has 1 amide bonds. The minimum absolute atomic E-state index is 0.0774. The normalized spacial score (nSPS) is 11.1. The number of carbonyl (C=O) groups is 1. The molecule has 9 heteroatoms. The zero-order chi connectivity index (χ0) is 23.2. The quantitative estimate of drug-likeness (QED) is 0.184. The molecular formula is C24H20ClN5O2S. The maximum Gasteiger partial charge on any atom is 0.342 e. The number of carbonyl (C=O) groups excluding carboxylic acids is 1. The molecule has 0 saturated heterocycles. The Balaban J connectivity index is 1.51. The number of nitrogens with zero attached hydrogens (tertiary/aromatic N) is 3. The Morgan fingerprint density at radius 2 is 1.82 bits per heavy atom. The summed E-state index contributed by atoms with van der Waals surface area (Å²) in [7, 11) is 0. The highest BCUT2D eigenvalue weighted by Crippen LogP contribution is 2.22. The van der Waals surface area contributed by atoms with Crippen molar-refractivity contribution in [2.75, 3.05) is 5.75 Å². The molecule has 0 atom stereocenters. The van der Waals surface area contributed by atoms with Gasteiger partial charge in [0, 0.05) is 5.02 Å². The number of nitrogens with one attached hydrogen (secondary N) is 2. The Kier molecular flexibility index (Phi) is 7.07. The van der Waals surface area contributed by atoms with Gasteiger partial charge in [0.15, 0.2) is 0 Å². The first-order chi connectivity index (χ1) is 16.0. The summed E-state index contributed by atoms with van der Waals surface area (Å²) >= 11 is 7.33. The lowest BCUT2D eigenvalue weighted by Gasteiger charge is -2.05. The first-order valence-corrected chi connectivity index (χ1v) is 11.4. The number of aromatic amines is 1. The standard InChI is InChI=1S/C24H20ClN5O2S/c1-16-2-10-20(11-3-16)30-23(18-6-8-19(25)9-7-18)28-29-24(30)33-15-22(32)27-26-14-17-4-12-21(31)13-5-17/h2-14H,15H2,1H3,(H2,26,27,31,32). The van der Waals surface area contributed by atoms with E-state index in [0.29, 0.717) is 10.2 Å². The van der Waals surface area contributed by atoms with Gasteiger partial charge in [-0.3, -0.25) is 4.79 Å². The van der Waals surface area contributed by atoms with Gasteiger partial charge >= 0.3 is 5.16 Å². The Hall–Kier alpha value is -3.62. The van der Waals surface area contributed by atoms with Crippen molar-refractivity contribution in [1.29, 1.82) is 0 Å². The summed E-state index contributed by atoms with van der Waals surface area (Å²) < 4.78 is 1.97. The molecule has 166 valence electrons. The van der Waals surface area contributed by atoms with Crippen LogP contribution in [0.1, 0.15) is 11.1 Å². The van der Waals surface area contributed by atoms with Crippen molar-refractivity contribution < 1.29 is 14.5 Å². The largest absolute Gasteiger partial charge is 0.872 e. The number of benzene rings is 3. The molecule has 1 heterocycles. The van der Waals surface area contributed by atoms with Crippen molar-refractivity contribution in [3.8, 4) is 22.8 Å². The number of hydrazone groups is 1. The van der Waals surface area contributed by atoms with Crippen molar-refractivity contribution in [2.45, 2.75) is 12.1 Å². The molecule has 0 fully saturated rings. The van der Waals surface area contributed by atoms with E-state index < -0.39 is 0 Å². The van der Waals surface area contributed by atoms with E-state index in [9.17, 15) is 9.90 Å². The number of aryl methyl sites for hydroxylation is 1. The fraction of sp³-hybridized carbons (Fsp3) is 0.0833. The van der Waals surface area contributed by atoms with E-state index in [1.807, 2.05) is 60.0 Å². The fourth-order valence-electron chi connectivity index (χ4n) is 3.02. The monoisotopic (exact) mass is 477 g/mol. The van der Waals surface area contributed by atoms with Crippen LogP contribution in [0.2, 0.25) is 5.02 Å². The Bertz CT molecular complexity index is 1270. The summed E-state index contributed by atoms with van der Waals surface area (Å²) in [4.78, 5) is 12.3. The average Bonchev–Trinajstić information content (AvgIpc) is 3.24. The van der Waals surface area contributed by atoms with Gasteiger partial charge < -0.3 is 5.11 Å². The van der Waals surface area contributed by atoms with Gasteiger partial charge in [0.25, 0.3) is 11.7 Å². The van der Waals surface area contributed by atoms with Crippen LogP contribution in [0.4, 0.5) is 0 Å². The Morgan fingerprint density at radius 1 is 1.12 bits per heavy atom. The first-order valence-electron chi connectivity index (χ1n) is 10.0. The molecule has 1 aromatic heterocycles. The molecular weight excluding hydrogens is 458 g/mol. The molecule has 4 aromatic rings. The van der Waals surface area contributed by atoms with Crippen LogP contribution in [0, 0.1) is 6.92 Å². The van der Waals surface area contributed by atoms with Crippen molar-refractivity contribution in [3.63, 3.8) is 0 Å². The van der Waals surface area contributed by atoms with E-state index in [1.54, 1.807) is 12.1 Å². The molecule has 0 aliphatic rings. The number of amides is 1. The number of H-pyrrole nitrogens is 1. The van der Waals surface area contributed by atoms with Crippen LogP contribution in [-0.2, 0) is 4.79 Å². The van der Waals surface area contributed by atoms with Gasteiger partial charge in [-0.25, -0.2) is 5.43 Å². The third-order valence-electron chi connectivity index (χ3n) is 4.70. The predicted octanol–water partition coefficient (Wildman–Crippen LogP) is 3.63. The molecule has 3 aromatic carbocycles. The van der Waals surface area contributed by atoms with Crippen molar-refractivity contribution in [3.05, 3.63) is 88.9 Å². The third-order valence-corrected chi connectivity index (χ3v) is 5.89. The van der Waals surface area contributed by atoms with Crippen molar-refractivity contribution in [1.82, 2.24) is 15.6 Å². The van der Waals surface area contributed by atoms with Crippen LogP contribution < -0.4 is 15.1 Å². The van der Waals surface area contributed by atoms with Crippen LogP contribution >= 0.6 is 23.4 Å². The van der Waals surface area contributed by atoms with Gasteiger partial charge in [-0.2, -0.15) is 9.67 Å². The summed E-state index contributed by atoms with van der Waals surface area (Å²) in [5.74, 6) is 0.543. The van der Waals surface area contributed by atoms with Crippen LogP contribution in [0.3, 0.4) is 0 Å². The molecule has 33 heavy (non-hydrogen) atoms. The predicted molar refractivity (Wildman–Crippen MR) is 128 cm³/mol. The van der Waals surface area contributed by atoms with E-state index in [0.717, 1.165) is 28.2 Å². The molecule has 0 spiro atoms. The molecule has 7 nitrogen and oxygen atoms in total. The molecule has 0 aliphatic carbocycles. The van der Waals surface area contributed by atoms with Crippen molar-refractivity contribution in [2.24, 2.45) is 5.10 Å². The third kappa shape index (κ3) is 5.79. The second kappa shape index (κ2) is 10.3. The summed E-state index contributed by atoms with van der Waals surface area (Å²) in [5.41, 5.74) is 6.20. The second-order valence-corrected chi connectivity index (χ2v) is 8.56. The van der Waals surface area contributed by atoms with Crippen LogP contribution in [0.15, 0.2) is 83.1 Å². The molecule has 0 radical (unpaired) electrons. The zero-order valence-corrected chi connectivity index (χ0v) is 19.2. The summed E-state index contributed by atoms with van der Waals surface area (Å²) in [6.45, 7) is 2.03. The minimum atomic E-state index is -0.275. The summed E-state index contributed by atoms with van der Waals surface area (Å²) in [6, 6.07) is 21.7. The Morgan fingerprint density at radius 3 is 2.52 bits per heavy atom. The fourth-order valence-corrected chi connectivity index (χ4v) is 3.91. The number of halogens is 1. The van der Waals surface area contributed by atoms with E-state index in [4.69, 9.17) is 11.6 Å². The van der Waals surface area contributed by atoms with Gasteiger partial charge in [-0.1, -0.05) is 53.6 Å². The Labute approximate surface area is 200 Å². The molecule has 0 aliphatic heterocycles. The van der Waals surface area contributed by atoms with Crippen LogP contribution in [0.5, 0.6) is 5.75 Å². The van der Waals surface area contributed by atoms with Gasteiger partial charge in [0.05, 0.1) is 22.6 Å². The number of hydrogen-bond acceptors (Lipinski definition) is 5. The molecule has 0 saturated carbocycles. The van der Waals surface area contributed by atoms with Gasteiger partial charge in [0.1, 0.15) is 5.69 Å². The zero-order valence-electron chi connectivity index (χ0n) is 17.7. The number of aromatic nitrogens is 3. The SMILES string of the molecule is Cc1ccc(-[n+]2c(SCC(=O)NN=Cc3ccc([O-])cc3)n[nH]c2-c2ccc(Cl)cc2)cc1. The van der Waals surface area contributed by atoms with E-state index in [-0.39, 0.29) is 17.4 Å². The van der Waals surface area contributed by atoms with E-state index in [1.165, 1.54) is 30.1 Å². The average molecular weight is 478 g/mol. The molecule has 0 unspecified atom stereocenters. The summed E-state index contributed by atoms with van der Waals surface area (Å²) in [5, 5.41) is 23.9. The smallest absolute Gasteiger partial charge is 0.342 e. The maximum absolute atomic E-state index is 12.3. The van der Waals surface area contributed by atoms with Crippen molar-refractivity contribution >= 4 is 35.5 Å². The maximum atomic E-state index is 12.3. The lowest BCUT2D eigenvalue weighted by Crippen LogP contribution is -2.34. The lowest BCUT2D eigenvalue weighted by atomic mass is 10.2. The molecule has 0 bridgehead atoms. The van der Waals surface area contributed by atoms with Gasteiger partial charge in [-0.15, -0.1) is 10.8 Å². The second-order valence-electron chi connectivity index (χ2n) is 7.18. The minimum Gasteiger partial charge on any atom is -0.872 e. The highest BCUT2D eigenvalue weighted by Gasteiger charge is 2.24. The highest BCUT2D eigenvalue weighted by molar-refractivity contribution is 7.99. The number of thioether (sulfide) groups is 1. The molecule has 2 N–H and O–H groups in total. The summed E-state index contributed by atoms with van der Waals surface area (Å²) in [6.07, 6.45) is 1.49. The number of rotatable bonds is 7. The highest BCUT2D eigenvalue weighted by atomic mass is 35.5. The first kappa shape index (κ1) is 22.6. The topological polar surface area (TPSA) is 97.1 Å². The van der Waals surface area contributed by atoms with Gasteiger partial charge in [-0.05, 0) is 60.6 Å². The van der Waals surface area contributed by atoms with Crippen LogP contribution in [0.25, 0.3) is 17.1 Å². The number of hydrogen-bond donors (Lipinski definition) is 2. The van der Waals surface area contributed by atoms with E-state index >= 15 is 0 Å². The van der Waals surface area contributed by atoms with Crippen LogP contribution in [-0.4, -0.2) is 28.1 Å². The van der Waals surface area contributed by atoms with Gasteiger partial charge in [0.2, 0.25) is 0 Å².